The van der Waals surface area contributed by atoms with Crippen molar-refractivity contribution in [2.24, 2.45) is 13.0 Å². The van der Waals surface area contributed by atoms with Crippen LogP contribution in [0.2, 0.25) is 0 Å². The number of hydrogen-bond donors (Lipinski definition) is 2. The van der Waals surface area contributed by atoms with E-state index in [0.29, 0.717) is 12.6 Å². The van der Waals surface area contributed by atoms with E-state index in [-0.39, 0.29) is 30.2 Å². The molecule has 6 nitrogen and oxygen atoms in total. The fourth-order valence-corrected chi connectivity index (χ4v) is 3.99. The molecule has 2 atom stereocenters. The van der Waals surface area contributed by atoms with Gasteiger partial charge in [0.1, 0.15) is 5.75 Å². The van der Waals surface area contributed by atoms with Crippen LogP contribution in [-0.4, -0.2) is 34.9 Å². The van der Waals surface area contributed by atoms with Crippen LogP contribution in [0.1, 0.15) is 37.2 Å². The highest BCUT2D eigenvalue weighted by Crippen LogP contribution is 2.29. The number of halogens is 1. The Morgan fingerprint density at radius 1 is 1.22 bits per heavy atom. The molecule has 1 saturated heterocycles. The highest BCUT2D eigenvalue weighted by atomic mass is 35.5. The lowest BCUT2D eigenvalue weighted by Crippen LogP contribution is -2.28. The SMILES string of the molecule is Cl.Cn1cc([C@H]2CNC[C@@H]2C(=O)Nc2ccc(OC3CCCC3)cc2)cn1. The predicted molar refractivity (Wildman–Crippen MR) is 108 cm³/mol. The first kappa shape index (κ1) is 19.7. The van der Waals surface area contributed by atoms with Gasteiger partial charge in [0.05, 0.1) is 18.2 Å². The Kier molecular flexibility index (Phi) is 6.39. The summed E-state index contributed by atoms with van der Waals surface area (Å²) in [5, 5.41) is 10.6. The number of aromatic nitrogens is 2. The zero-order valence-electron chi connectivity index (χ0n) is 15.6. The van der Waals surface area contributed by atoms with E-state index in [1.807, 2.05) is 43.7 Å². The highest BCUT2D eigenvalue weighted by Gasteiger charge is 2.34. The van der Waals surface area contributed by atoms with Gasteiger partial charge in [-0.2, -0.15) is 5.10 Å². The lowest BCUT2D eigenvalue weighted by Gasteiger charge is -2.17. The maximum atomic E-state index is 12.8. The largest absolute Gasteiger partial charge is 0.490 e. The van der Waals surface area contributed by atoms with Gasteiger partial charge in [0.25, 0.3) is 0 Å². The highest BCUT2D eigenvalue weighted by molar-refractivity contribution is 5.93. The quantitative estimate of drug-likeness (QED) is 0.823. The van der Waals surface area contributed by atoms with E-state index >= 15 is 0 Å². The molecule has 0 spiro atoms. The predicted octanol–water partition coefficient (Wildman–Crippen LogP) is 3.11. The summed E-state index contributed by atoms with van der Waals surface area (Å²) in [5.41, 5.74) is 1.92. The molecule has 146 valence electrons. The van der Waals surface area contributed by atoms with Crippen molar-refractivity contribution >= 4 is 24.0 Å². The minimum atomic E-state index is -0.0892. The number of carbonyl (C=O) groups excluding carboxylic acids is 1. The standard InChI is InChI=1S/C20H26N4O2.ClH/c1-24-13-14(10-22-24)18-11-21-12-19(18)20(25)23-15-6-8-17(9-7-15)26-16-4-2-3-5-16;/h6-10,13,16,18-19,21H,2-5,11-12H2,1H3,(H,23,25);1H/t18-,19+;/m1./s1. The molecule has 7 heteroatoms. The van der Waals surface area contributed by atoms with Gasteiger partial charge >= 0.3 is 0 Å². The fourth-order valence-electron chi connectivity index (χ4n) is 3.99. The van der Waals surface area contributed by atoms with Crippen LogP contribution in [0.5, 0.6) is 5.75 Å². The Hall–Kier alpha value is -2.05. The van der Waals surface area contributed by atoms with Gasteiger partial charge in [-0.25, -0.2) is 0 Å². The van der Waals surface area contributed by atoms with Crippen molar-refractivity contribution in [3.8, 4) is 5.75 Å². The molecule has 2 heterocycles. The number of anilines is 1. The molecule has 0 bridgehead atoms. The smallest absolute Gasteiger partial charge is 0.229 e. The number of amides is 1. The normalized spacial score (nSPS) is 22.4. The zero-order chi connectivity index (χ0) is 17.9. The molecule has 1 saturated carbocycles. The number of ether oxygens (including phenoxy) is 1. The summed E-state index contributed by atoms with van der Waals surface area (Å²) in [7, 11) is 1.90. The Balaban J connectivity index is 0.00000210. The lowest BCUT2D eigenvalue weighted by atomic mass is 9.90. The summed E-state index contributed by atoms with van der Waals surface area (Å²) in [6, 6.07) is 7.73. The summed E-state index contributed by atoms with van der Waals surface area (Å²) in [5.74, 6) is 1.00. The number of aryl methyl sites for hydroxylation is 1. The van der Waals surface area contributed by atoms with Crippen molar-refractivity contribution in [1.29, 1.82) is 0 Å². The Morgan fingerprint density at radius 3 is 2.63 bits per heavy atom. The molecule has 0 radical (unpaired) electrons. The van der Waals surface area contributed by atoms with Crippen LogP contribution < -0.4 is 15.4 Å². The number of nitrogens with one attached hydrogen (secondary N) is 2. The Labute approximate surface area is 166 Å². The second-order valence-electron chi connectivity index (χ2n) is 7.36. The molecule has 27 heavy (non-hydrogen) atoms. The van der Waals surface area contributed by atoms with Crippen molar-refractivity contribution in [1.82, 2.24) is 15.1 Å². The number of hydrogen-bond acceptors (Lipinski definition) is 4. The second kappa shape index (κ2) is 8.76. The average Bonchev–Trinajstić information content (AvgIpc) is 3.37. The van der Waals surface area contributed by atoms with Crippen molar-refractivity contribution in [3.05, 3.63) is 42.2 Å². The van der Waals surface area contributed by atoms with Gasteiger partial charge in [-0.05, 0) is 55.5 Å². The number of rotatable bonds is 5. The van der Waals surface area contributed by atoms with Crippen molar-refractivity contribution in [2.45, 2.75) is 37.7 Å². The van der Waals surface area contributed by atoms with Gasteiger partial charge in [0, 0.05) is 37.9 Å². The second-order valence-corrected chi connectivity index (χ2v) is 7.36. The van der Waals surface area contributed by atoms with E-state index < -0.39 is 0 Å². The fraction of sp³-hybridized carbons (Fsp3) is 0.500. The molecule has 2 fully saturated rings. The van der Waals surface area contributed by atoms with Gasteiger partial charge < -0.3 is 15.4 Å². The van der Waals surface area contributed by atoms with Crippen LogP contribution in [0.25, 0.3) is 0 Å². The number of carbonyl (C=O) groups is 1. The molecule has 0 unspecified atom stereocenters. The van der Waals surface area contributed by atoms with Crippen molar-refractivity contribution in [3.63, 3.8) is 0 Å². The van der Waals surface area contributed by atoms with Crippen LogP contribution in [0, 0.1) is 5.92 Å². The number of benzene rings is 1. The topological polar surface area (TPSA) is 68.2 Å². The first-order valence-corrected chi connectivity index (χ1v) is 9.46. The zero-order valence-corrected chi connectivity index (χ0v) is 16.4. The van der Waals surface area contributed by atoms with E-state index in [9.17, 15) is 4.79 Å². The van der Waals surface area contributed by atoms with Crippen LogP contribution >= 0.6 is 12.4 Å². The summed E-state index contributed by atoms with van der Waals surface area (Å²) >= 11 is 0. The molecule has 1 aliphatic carbocycles. The molecule has 2 N–H and O–H groups in total. The third kappa shape index (κ3) is 4.62. The van der Waals surface area contributed by atoms with Gasteiger partial charge in [-0.15, -0.1) is 12.4 Å². The van der Waals surface area contributed by atoms with Crippen LogP contribution in [0.15, 0.2) is 36.7 Å². The van der Waals surface area contributed by atoms with Gasteiger partial charge in [0.15, 0.2) is 0 Å². The van der Waals surface area contributed by atoms with Crippen LogP contribution in [0.3, 0.4) is 0 Å². The molecular weight excluding hydrogens is 364 g/mol. The number of nitrogens with zero attached hydrogens (tertiary/aromatic N) is 2. The third-order valence-corrected chi connectivity index (χ3v) is 5.43. The molecule has 1 aromatic heterocycles. The third-order valence-electron chi connectivity index (χ3n) is 5.43. The van der Waals surface area contributed by atoms with E-state index in [1.54, 1.807) is 4.68 Å². The van der Waals surface area contributed by atoms with Gasteiger partial charge in [0.2, 0.25) is 5.91 Å². The first-order chi connectivity index (χ1) is 12.7. The van der Waals surface area contributed by atoms with Crippen LogP contribution in [0.4, 0.5) is 5.69 Å². The molecule has 2 aliphatic rings. The molecular formula is C20H27ClN4O2. The Bertz CT molecular complexity index is 756. The first-order valence-electron chi connectivity index (χ1n) is 9.46. The molecule has 1 aromatic carbocycles. The summed E-state index contributed by atoms with van der Waals surface area (Å²) in [4.78, 5) is 12.8. The van der Waals surface area contributed by atoms with Crippen molar-refractivity contribution < 1.29 is 9.53 Å². The maximum Gasteiger partial charge on any atom is 0.229 e. The van der Waals surface area contributed by atoms with Gasteiger partial charge in [-0.1, -0.05) is 0 Å². The van der Waals surface area contributed by atoms with E-state index in [0.717, 1.165) is 36.4 Å². The lowest BCUT2D eigenvalue weighted by molar-refractivity contribution is -0.119. The minimum Gasteiger partial charge on any atom is -0.490 e. The van der Waals surface area contributed by atoms with E-state index in [2.05, 4.69) is 15.7 Å². The van der Waals surface area contributed by atoms with Crippen molar-refractivity contribution in [2.75, 3.05) is 18.4 Å². The average molecular weight is 391 g/mol. The Morgan fingerprint density at radius 2 is 1.96 bits per heavy atom. The summed E-state index contributed by atoms with van der Waals surface area (Å²) < 4.78 is 7.76. The molecule has 4 rings (SSSR count). The molecule has 1 aliphatic heterocycles. The summed E-state index contributed by atoms with van der Waals surface area (Å²) in [6.07, 6.45) is 8.99. The van der Waals surface area contributed by atoms with Crippen LogP contribution in [-0.2, 0) is 11.8 Å². The molecule has 1 amide bonds. The summed E-state index contributed by atoms with van der Waals surface area (Å²) in [6.45, 7) is 1.49. The van der Waals surface area contributed by atoms with E-state index in [1.165, 1.54) is 12.8 Å². The minimum absolute atomic E-state index is 0. The monoisotopic (exact) mass is 390 g/mol. The van der Waals surface area contributed by atoms with E-state index in [4.69, 9.17) is 4.74 Å². The maximum absolute atomic E-state index is 12.8. The molecule has 2 aromatic rings. The van der Waals surface area contributed by atoms with Gasteiger partial charge in [-0.3, -0.25) is 9.48 Å².